The molecule has 2 amide bonds. The van der Waals surface area contributed by atoms with Crippen LogP contribution in [0.1, 0.15) is 35.6 Å². The van der Waals surface area contributed by atoms with E-state index in [4.69, 9.17) is 0 Å². The highest BCUT2D eigenvalue weighted by Crippen LogP contribution is 2.21. The highest BCUT2D eigenvalue weighted by Gasteiger charge is 2.31. The van der Waals surface area contributed by atoms with Crippen LogP contribution in [0.5, 0.6) is 0 Å². The fraction of sp³-hybridized carbons (Fsp3) is 0.192. The largest absolute Gasteiger partial charge is 0.337 e. The number of carbonyl (C=O) groups excluding carboxylic acids is 2. The van der Waals surface area contributed by atoms with Crippen molar-refractivity contribution in [2.45, 2.75) is 32.9 Å². The smallest absolute Gasteiger partial charge is 0.270 e. The average molecular weight is 473 g/mol. The highest BCUT2D eigenvalue weighted by molar-refractivity contribution is 6.02. The number of hydrogen-bond acceptors (Lipinski definition) is 5. The zero-order valence-electron chi connectivity index (χ0n) is 19.6. The maximum absolute atomic E-state index is 13.5. The van der Waals surface area contributed by atoms with E-state index in [9.17, 15) is 14.0 Å². The molecule has 0 atom stereocenters. The van der Waals surface area contributed by atoms with Gasteiger partial charge in [-0.05, 0) is 62.7 Å². The van der Waals surface area contributed by atoms with Crippen molar-refractivity contribution >= 4 is 17.8 Å². The number of halogens is 1. The van der Waals surface area contributed by atoms with Gasteiger partial charge in [-0.15, -0.1) is 5.10 Å². The van der Waals surface area contributed by atoms with Crippen LogP contribution in [0.2, 0.25) is 0 Å². The summed E-state index contributed by atoms with van der Waals surface area (Å²) < 4.78 is 15.1. The Kier molecular flexibility index (Phi) is 6.68. The molecular formula is C26H25FN6O2. The Morgan fingerprint density at radius 3 is 2.34 bits per heavy atom. The molecule has 0 aliphatic heterocycles. The third kappa shape index (κ3) is 5.75. The molecule has 0 aliphatic rings. The number of carbonyl (C=O) groups is 2. The molecule has 0 fully saturated rings. The van der Waals surface area contributed by atoms with Crippen LogP contribution in [0, 0.1) is 12.7 Å². The lowest BCUT2D eigenvalue weighted by atomic mass is 10.0. The second kappa shape index (κ2) is 9.84. The number of nitrogens with zero attached hydrogens (tertiary/aromatic N) is 4. The predicted octanol–water partition coefficient (Wildman–Crippen LogP) is 3.98. The standard InChI is InChI=1S/C26H25FN6O2/c1-17-8-7-11-21(28-17)23(34)31-26(2,3)24(35)30-25-29-22(19-12-14-20(27)15-13-19)33(32-25)16-18-9-5-4-6-10-18/h4-15H,16H2,1-3H3,(H,31,34)(H,30,32,35). The first-order valence-electron chi connectivity index (χ1n) is 11.0. The Balaban J connectivity index is 1.56. The molecule has 4 rings (SSSR count). The van der Waals surface area contributed by atoms with Crippen LogP contribution in [0.15, 0.2) is 72.8 Å². The first-order valence-corrected chi connectivity index (χ1v) is 11.0. The highest BCUT2D eigenvalue weighted by atomic mass is 19.1. The van der Waals surface area contributed by atoms with Crippen LogP contribution in [0.3, 0.4) is 0 Å². The normalized spacial score (nSPS) is 11.2. The number of hydrogen-bond donors (Lipinski definition) is 2. The van der Waals surface area contributed by atoms with Crippen molar-refractivity contribution in [3.05, 3.63) is 95.6 Å². The van der Waals surface area contributed by atoms with E-state index in [-0.39, 0.29) is 17.5 Å². The number of nitrogens with one attached hydrogen (secondary N) is 2. The van der Waals surface area contributed by atoms with Crippen LogP contribution in [-0.4, -0.2) is 37.1 Å². The molecule has 0 bridgehead atoms. The number of amides is 2. The van der Waals surface area contributed by atoms with Gasteiger partial charge in [0.05, 0.1) is 6.54 Å². The van der Waals surface area contributed by atoms with E-state index in [2.05, 4.69) is 25.7 Å². The second-order valence-corrected chi connectivity index (χ2v) is 8.61. The fourth-order valence-corrected chi connectivity index (χ4v) is 3.41. The molecule has 4 aromatic rings. The van der Waals surface area contributed by atoms with Gasteiger partial charge in [0, 0.05) is 11.3 Å². The Labute approximate surface area is 202 Å². The molecule has 2 N–H and O–H groups in total. The number of rotatable bonds is 7. The molecule has 0 saturated carbocycles. The van der Waals surface area contributed by atoms with Gasteiger partial charge in [0.15, 0.2) is 5.82 Å². The van der Waals surface area contributed by atoms with Crippen molar-refractivity contribution < 1.29 is 14.0 Å². The maximum Gasteiger partial charge on any atom is 0.270 e. The molecule has 178 valence electrons. The van der Waals surface area contributed by atoms with Gasteiger partial charge < -0.3 is 5.32 Å². The quantitative estimate of drug-likeness (QED) is 0.424. The molecule has 0 aliphatic carbocycles. The summed E-state index contributed by atoms with van der Waals surface area (Å²) >= 11 is 0. The minimum atomic E-state index is -1.27. The predicted molar refractivity (Wildman–Crippen MR) is 130 cm³/mol. The van der Waals surface area contributed by atoms with Crippen molar-refractivity contribution in [3.63, 3.8) is 0 Å². The third-order valence-electron chi connectivity index (χ3n) is 5.29. The van der Waals surface area contributed by atoms with Gasteiger partial charge in [0.1, 0.15) is 17.1 Å². The summed E-state index contributed by atoms with van der Waals surface area (Å²) in [7, 11) is 0. The van der Waals surface area contributed by atoms with Gasteiger partial charge in [0.2, 0.25) is 5.95 Å². The Hall–Kier alpha value is -4.40. The van der Waals surface area contributed by atoms with Gasteiger partial charge in [-0.2, -0.15) is 4.98 Å². The molecule has 9 heteroatoms. The summed E-state index contributed by atoms with van der Waals surface area (Å²) in [6.07, 6.45) is 0. The van der Waals surface area contributed by atoms with E-state index in [0.717, 1.165) is 5.56 Å². The number of benzene rings is 2. The van der Waals surface area contributed by atoms with Crippen LogP contribution < -0.4 is 10.6 Å². The summed E-state index contributed by atoms with van der Waals surface area (Å²) in [5, 5.41) is 9.85. The summed E-state index contributed by atoms with van der Waals surface area (Å²) in [5.74, 6) is -0.794. The molecule has 0 radical (unpaired) electrons. The van der Waals surface area contributed by atoms with Crippen molar-refractivity contribution in [1.82, 2.24) is 25.1 Å². The molecule has 2 heterocycles. The van der Waals surface area contributed by atoms with Crippen molar-refractivity contribution in [1.29, 1.82) is 0 Å². The summed E-state index contributed by atoms with van der Waals surface area (Å²) in [6.45, 7) is 5.34. The minimum absolute atomic E-state index is 0.0706. The number of aryl methyl sites for hydroxylation is 1. The summed E-state index contributed by atoms with van der Waals surface area (Å²) in [6, 6.07) is 20.6. The van der Waals surface area contributed by atoms with E-state index < -0.39 is 17.4 Å². The van der Waals surface area contributed by atoms with E-state index in [1.807, 2.05) is 30.3 Å². The number of pyridine rings is 1. The summed E-state index contributed by atoms with van der Waals surface area (Å²) in [5.41, 5.74) is 1.27. The Bertz CT molecular complexity index is 1350. The van der Waals surface area contributed by atoms with Gasteiger partial charge in [-0.25, -0.2) is 14.1 Å². The second-order valence-electron chi connectivity index (χ2n) is 8.61. The van der Waals surface area contributed by atoms with Crippen molar-refractivity contribution in [2.75, 3.05) is 5.32 Å². The molecule has 2 aromatic heterocycles. The first kappa shape index (κ1) is 23.7. The van der Waals surface area contributed by atoms with Crippen LogP contribution >= 0.6 is 0 Å². The van der Waals surface area contributed by atoms with Gasteiger partial charge in [-0.1, -0.05) is 36.4 Å². The Morgan fingerprint density at radius 2 is 1.66 bits per heavy atom. The molecule has 8 nitrogen and oxygen atoms in total. The number of anilines is 1. The third-order valence-corrected chi connectivity index (χ3v) is 5.29. The first-order chi connectivity index (χ1) is 16.7. The molecule has 35 heavy (non-hydrogen) atoms. The van der Waals surface area contributed by atoms with Crippen molar-refractivity contribution in [3.8, 4) is 11.4 Å². The van der Waals surface area contributed by atoms with E-state index >= 15 is 0 Å². The molecule has 0 unspecified atom stereocenters. The zero-order chi connectivity index (χ0) is 25.0. The topological polar surface area (TPSA) is 102 Å². The molecular weight excluding hydrogens is 447 g/mol. The van der Waals surface area contributed by atoms with Crippen LogP contribution in [0.25, 0.3) is 11.4 Å². The lowest BCUT2D eigenvalue weighted by molar-refractivity contribution is -0.121. The monoisotopic (exact) mass is 472 g/mol. The van der Waals surface area contributed by atoms with Gasteiger partial charge in [-0.3, -0.25) is 14.9 Å². The van der Waals surface area contributed by atoms with Crippen molar-refractivity contribution in [2.24, 2.45) is 0 Å². The molecule has 2 aromatic carbocycles. The molecule has 0 saturated heterocycles. The van der Waals surface area contributed by atoms with E-state index in [1.165, 1.54) is 12.1 Å². The lowest BCUT2D eigenvalue weighted by Crippen LogP contribution is -2.52. The minimum Gasteiger partial charge on any atom is -0.337 e. The van der Waals surface area contributed by atoms with Gasteiger partial charge >= 0.3 is 0 Å². The zero-order valence-corrected chi connectivity index (χ0v) is 19.6. The van der Waals surface area contributed by atoms with Gasteiger partial charge in [0.25, 0.3) is 11.8 Å². The van der Waals surface area contributed by atoms with Crippen LogP contribution in [0.4, 0.5) is 10.3 Å². The molecule has 0 spiro atoms. The maximum atomic E-state index is 13.5. The SMILES string of the molecule is Cc1cccc(C(=O)NC(C)(C)C(=O)Nc2nc(-c3ccc(F)cc3)n(Cc3ccccc3)n2)n1. The van der Waals surface area contributed by atoms with E-state index in [0.29, 0.717) is 23.6 Å². The van der Waals surface area contributed by atoms with E-state index in [1.54, 1.807) is 55.8 Å². The Morgan fingerprint density at radius 1 is 0.943 bits per heavy atom. The lowest BCUT2D eigenvalue weighted by Gasteiger charge is -2.24. The number of aromatic nitrogens is 4. The summed E-state index contributed by atoms with van der Waals surface area (Å²) in [4.78, 5) is 34.3. The average Bonchev–Trinajstić information content (AvgIpc) is 3.21. The van der Waals surface area contributed by atoms with Crippen LogP contribution in [-0.2, 0) is 11.3 Å². The fourth-order valence-electron chi connectivity index (χ4n) is 3.41.